The minimum absolute atomic E-state index is 0.0877. The second kappa shape index (κ2) is 5.77. The fourth-order valence-electron chi connectivity index (χ4n) is 5.01. The fourth-order valence-corrected chi connectivity index (χ4v) is 5.01. The Morgan fingerprint density at radius 1 is 1.14 bits per heavy atom. The number of fused-ring (bicyclic) bond motifs is 6. The van der Waals surface area contributed by atoms with Crippen LogP contribution in [0.1, 0.15) is 41.4 Å². The topological polar surface area (TPSA) is 95.5 Å². The molecule has 1 aliphatic carbocycles. The van der Waals surface area contributed by atoms with Crippen LogP contribution in [0.2, 0.25) is 0 Å². The fraction of sp³-hybridized carbons (Fsp3) is 0.381. The van der Waals surface area contributed by atoms with Gasteiger partial charge in [-0.2, -0.15) is 0 Å². The first-order chi connectivity index (χ1) is 14.1. The molecule has 0 saturated heterocycles. The highest BCUT2D eigenvalue weighted by Crippen LogP contribution is 2.61. The van der Waals surface area contributed by atoms with Crippen LogP contribution in [0.15, 0.2) is 24.3 Å². The summed E-state index contributed by atoms with van der Waals surface area (Å²) in [4.78, 5) is 12.1. The van der Waals surface area contributed by atoms with Crippen molar-refractivity contribution >= 4 is 5.97 Å². The second-order valence-corrected chi connectivity index (χ2v) is 7.60. The summed E-state index contributed by atoms with van der Waals surface area (Å²) in [5.41, 5.74) is 2.07. The molecule has 4 aliphatic rings. The molecule has 3 heterocycles. The molecule has 2 aromatic rings. The van der Waals surface area contributed by atoms with Crippen LogP contribution in [-0.2, 0) is 21.5 Å². The van der Waals surface area contributed by atoms with E-state index in [4.69, 9.17) is 23.7 Å². The molecule has 29 heavy (non-hydrogen) atoms. The number of nitrogens with one attached hydrogen (secondary N) is 1. The minimum Gasteiger partial charge on any atom is -0.455 e. The van der Waals surface area contributed by atoms with Crippen LogP contribution in [0.25, 0.3) is 0 Å². The third-order valence-electron chi connectivity index (χ3n) is 6.15. The number of ether oxygens (including phenoxy) is 5. The summed E-state index contributed by atoms with van der Waals surface area (Å²) in [6.07, 6.45) is -1.00. The van der Waals surface area contributed by atoms with Crippen LogP contribution >= 0.6 is 0 Å². The molecule has 1 spiro atoms. The third-order valence-corrected chi connectivity index (χ3v) is 6.15. The molecule has 0 saturated carbocycles. The number of carbonyl (C=O) groups is 1. The highest BCUT2D eigenvalue weighted by Gasteiger charge is 2.60. The summed E-state index contributed by atoms with van der Waals surface area (Å²) in [6.45, 7) is 2.22. The van der Waals surface area contributed by atoms with Gasteiger partial charge in [0.05, 0.1) is 0 Å². The van der Waals surface area contributed by atoms with E-state index in [1.807, 2.05) is 18.2 Å². The normalized spacial score (nSPS) is 27.7. The van der Waals surface area contributed by atoms with Crippen molar-refractivity contribution in [3.8, 4) is 23.0 Å². The maximum atomic E-state index is 12.1. The summed E-state index contributed by atoms with van der Waals surface area (Å²) >= 11 is 0. The van der Waals surface area contributed by atoms with E-state index in [0.29, 0.717) is 40.7 Å². The number of aliphatic hydroxyl groups excluding tert-OH is 1. The molecule has 0 bridgehead atoms. The molecule has 2 aromatic carbocycles. The maximum absolute atomic E-state index is 12.1. The van der Waals surface area contributed by atoms with E-state index in [1.165, 1.54) is 6.92 Å². The molecule has 0 fully saturated rings. The SMILES string of the molecule is CC(=O)O[C@@H]1c2c(ccc3c2OCO3)[C@@H](O)[C@@]12NCCc1cc3c(cc12)OCO3. The van der Waals surface area contributed by atoms with Crippen LogP contribution in [0.4, 0.5) is 0 Å². The molecule has 3 aliphatic heterocycles. The zero-order chi connectivity index (χ0) is 19.8. The smallest absolute Gasteiger partial charge is 0.303 e. The van der Waals surface area contributed by atoms with E-state index >= 15 is 0 Å². The summed E-state index contributed by atoms with van der Waals surface area (Å²) in [6, 6.07) is 7.41. The van der Waals surface area contributed by atoms with E-state index in [0.717, 1.165) is 17.5 Å². The molecule has 0 amide bonds. The van der Waals surface area contributed by atoms with Gasteiger partial charge in [-0.05, 0) is 41.3 Å². The average Bonchev–Trinajstić information content (AvgIpc) is 3.41. The van der Waals surface area contributed by atoms with Gasteiger partial charge >= 0.3 is 5.97 Å². The Hall–Kier alpha value is -2.97. The highest BCUT2D eigenvalue weighted by molar-refractivity contribution is 5.69. The Bertz CT molecular complexity index is 1050. The van der Waals surface area contributed by atoms with E-state index in [9.17, 15) is 9.90 Å². The molecule has 6 rings (SSSR count). The van der Waals surface area contributed by atoms with E-state index in [2.05, 4.69) is 5.32 Å². The van der Waals surface area contributed by atoms with Crippen LogP contribution in [0.5, 0.6) is 23.0 Å². The van der Waals surface area contributed by atoms with Crippen LogP contribution < -0.4 is 24.3 Å². The number of hydrogen-bond acceptors (Lipinski definition) is 8. The summed E-state index contributed by atoms with van der Waals surface area (Å²) in [5.74, 6) is 1.95. The van der Waals surface area contributed by atoms with E-state index in [1.54, 1.807) is 6.07 Å². The number of hydrogen-bond donors (Lipinski definition) is 2. The minimum atomic E-state index is -1.07. The summed E-state index contributed by atoms with van der Waals surface area (Å²) in [7, 11) is 0. The van der Waals surface area contributed by atoms with Gasteiger partial charge in [-0.25, -0.2) is 0 Å². The molecule has 0 aromatic heterocycles. The highest BCUT2D eigenvalue weighted by atomic mass is 16.7. The lowest BCUT2D eigenvalue weighted by Crippen LogP contribution is -2.53. The molecule has 3 atom stereocenters. The first-order valence-electron chi connectivity index (χ1n) is 9.55. The standard InChI is InChI=1S/C21H19NO7/c1-10(23)29-20-17-12(2-3-14-18(17)28-9-25-14)19(24)21(20)13-7-16-15(26-8-27-16)6-11(13)4-5-22-21/h2-3,6-7,19-20,22,24H,4-5,8-9H2,1H3/t19-,20-,21-/m1/s1. The van der Waals surface area contributed by atoms with Gasteiger partial charge in [0.2, 0.25) is 13.6 Å². The quantitative estimate of drug-likeness (QED) is 0.704. The lowest BCUT2D eigenvalue weighted by atomic mass is 9.76. The Labute approximate surface area is 166 Å². The van der Waals surface area contributed by atoms with Crippen LogP contribution in [0.3, 0.4) is 0 Å². The van der Waals surface area contributed by atoms with Crippen molar-refractivity contribution in [3.05, 3.63) is 46.5 Å². The van der Waals surface area contributed by atoms with Gasteiger partial charge in [0, 0.05) is 19.0 Å². The first-order valence-corrected chi connectivity index (χ1v) is 9.55. The van der Waals surface area contributed by atoms with Crippen molar-refractivity contribution in [2.24, 2.45) is 0 Å². The number of rotatable bonds is 1. The van der Waals surface area contributed by atoms with Gasteiger partial charge in [0.1, 0.15) is 11.6 Å². The molecule has 150 valence electrons. The van der Waals surface area contributed by atoms with Gasteiger partial charge in [0.25, 0.3) is 0 Å². The van der Waals surface area contributed by atoms with E-state index < -0.39 is 23.7 Å². The van der Waals surface area contributed by atoms with Crippen molar-refractivity contribution in [1.29, 1.82) is 0 Å². The van der Waals surface area contributed by atoms with Gasteiger partial charge in [-0.15, -0.1) is 0 Å². The lowest BCUT2D eigenvalue weighted by molar-refractivity contribution is -0.154. The van der Waals surface area contributed by atoms with Gasteiger partial charge in [0.15, 0.2) is 29.1 Å². The van der Waals surface area contributed by atoms with Gasteiger partial charge in [-0.3, -0.25) is 4.79 Å². The molecular formula is C21H19NO7. The number of benzene rings is 2. The predicted molar refractivity (Wildman–Crippen MR) is 98.0 cm³/mol. The van der Waals surface area contributed by atoms with Crippen molar-refractivity contribution in [1.82, 2.24) is 5.32 Å². The molecule has 8 heteroatoms. The van der Waals surface area contributed by atoms with E-state index in [-0.39, 0.29) is 13.6 Å². The van der Waals surface area contributed by atoms with Gasteiger partial charge in [-0.1, -0.05) is 6.07 Å². The van der Waals surface area contributed by atoms with Crippen molar-refractivity contribution in [2.75, 3.05) is 20.1 Å². The molecule has 8 nitrogen and oxygen atoms in total. The number of carbonyl (C=O) groups excluding carboxylic acids is 1. The molecule has 0 unspecified atom stereocenters. The Morgan fingerprint density at radius 2 is 1.90 bits per heavy atom. The number of aliphatic hydroxyl groups is 1. The van der Waals surface area contributed by atoms with Crippen LogP contribution in [0, 0.1) is 0 Å². The Balaban J connectivity index is 1.61. The van der Waals surface area contributed by atoms with Crippen LogP contribution in [-0.4, -0.2) is 31.2 Å². The third kappa shape index (κ3) is 2.13. The Morgan fingerprint density at radius 3 is 2.72 bits per heavy atom. The average molecular weight is 397 g/mol. The lowest BCUT2D eigenvalue weighted by Gasteiger charge is -2.43. The second-order valence-electron chi connectivity index (χ2n) is 7.60. The largest absolute Gasteiger partial charge is 0.455 e. The predicted octanol–water partition coefficient (Wildman–Crippen LogP) is 1.84. The summed E-state index contributed by atoms with van der Waals surface area (Å²) in [5, 5.41) is 15.0. The number of esters is 1. The maximum Gasteiger partial charge on any atom is 0.303 e. The zero-order valence-corrected chi connectivity index (χ0v) is 15.7. The van der Waals surface area contributed by atoms with Gasteiger partial charge < -0.3 is 34.1 Å². The monoisotopic (exact) mass is 397 g/mol. The molecule has 0 radical (unpaired) electrons. The summed E-state index contributed by atoms with van der Waals surface area (Å²) < 4.78 is 28.2. The Kier molecular flexibility index (Phi) is 3.37. The first kappa shape index (κ1) is 16.9. The van der Waals surface area contributed by atoms with Crippen molar-refractivity contribution in [2.45, 2.75) is 31.1 Å². The molecule has 2 N–H and O–H groups in total. The van der Waals surface area contributed by atoms with Crippen molar-refractivity contribution in [3.63, 3.8) is 0 Å². The molecular weight excluding hydrogens is 378 g/mol. The zero-order valence-electron chi connectivity index (χ0n) is 15.7. The van der Waals surface area contributed by atoms with Crippen molar-refractivity contribution < 1.29 is 33.6 Å².